The molecule has 88 valence electrons. The van der Waals surface area contributed by atoms with Crippen LogP contribution < -0.4 is 5.73 Å². The van der Waals surface area contributed by atoms with E-state index >= 15 is 0 Å². The second-order valence-electron chi connectivity index (χ2n) is 3.28. The van der Waals surface area contributed by atoms with Crippen LogP contribution >= 0.6 is 11.6 Å². The lowest BCUT2D eigenvalue weighted by Crippen LogP contribution is -2.17. The number of hydrogen-bond acceptors (Lipinski definition) is 3. The van der Waals surface area contributed by atoms with Crippen LogP contribution in [0.2, 0.25) is 5.02 Å². The summed E-state index contributed by atoms with van der Waals surface area (Å²) in [6, 6.07) is 3.23. The monoisotopic (exact) mass is 245 g/mol. The second kappa shape index (κ2) is 5.82. The maximum absolute atomic E-state index is 13.0. The minimum Gasteiger partial charge on any atom is -0.466 e. The van der Waals surface area contributed by atoms with Crippen molar-refractivity contribution < 1.29 is 13.9 Å². The van der Waals surface area contributed by atoms with Crippen LogP contribution in [0.4, 0.5) is 4.39 Å². The lowest BCUT2D eigenvalue weighted by atomic mass is 10.0. The molecule has 0 heterocycles. The lowest BCUT2D eigenvalue weighted by Gasteiger charge is -2.12. The van der Waals surface area contributed by atoms with Crippen LogP contribution in [0.5, 0.6) is 0 Å². The normalized spacial score (nSPS) is 12.2. The van der Waals surface area contributed by atoms with Gasteiger partial charge in [0.1, 0.15) is 5.82 Å². The van der Waals surface area contributed by atoms with E-state index < -0.39 is 17.8 Å². The van der Waals surface area contributed by atoms with E-state index in [1.165, 1.54) is 18.2 Å². The molecule has 16 heavy (non-hydrogen) atoms. The van der Waals surface area contributed by atoms with E-state index in [4.69, 9.17) is 22.1 Å². The molecule has 3 nitrogen and oxygen atoms in total. The Kier molecular flexibility index (Phi) is 4.71. The summed E-state index contributed by atoms with van der Waals surface area (Å²) >= 11 is 5.85. The van der Waals surface area contributed by atoms with E-state index in [0.29, 0.717) is 17.2 Å². The van der Waals surface area contributed by atoms with E-state index in [9.17, 15) is 9.18 Å². The van der Waals surface area contributed by atoms with Gasteiger partial charge in [0.2, 0.25) is 0 Å². The Labute approximate surface area is 98.3 Å². The molecule has 0 unspecified atom stereocenters. The molecule has 0 radical (unpaired) electrons. The van der Waals surface area contributed by atoms with Crippen molar-refractivity contribution in [2.45, 2.75) is 19.4 Å². The van der Waals surface area contributed by atoms with Crippen molar-refractivity contribution in [2.24, 2.45) is 5.73 Å². The number of nitrogens with two attached hydrogens (primary N) is 1. The first-order valence-corrected chi connectivity index (χ1v) is 5.28. The van der Waals surface area contributed by atoms with Crippen molar-refractivity contribution >= 4 is 17.6 Å². The first-order valence-electron chi connectivity index (χ1n) is 4.90. The van der Waals surface area contributed by atoms with Crippen molar-refractivity contribution in [3.8, 4) is 0 Å². The molecule has 0 saturated heterocycles. The highest BCUT2D eigenvalue weighted by molar-refractivity contribution is 6.31. The SMILES string of the molecule is CCOC(=O)C[C@H](N)c1cc(F)ccc1Cl. The summed E-state index contributed by atoms with van der Waals surface area (Å²) in [4.78, 5) is 11.2. The van der Waals surface area contributed by atoms with Gasteiger partial charge in [-0.2, -0.15) is 0 Å². The molecule has 1 aromatic rings. The smallest absolute Gasteiger partial charge is 0.307 e. The molecule has 5 heteroatoms. The highest BCUT2D eigenvalue weighted by Crippen LogP contribution is 2.24. The molecule has 0 aliphatic heterocycles. The standard InChI is InChI=1S/C11H13ClFNO2/c1-2-16-11(15)6-10(14)8-5-7(13)3-4-9(8)12/h3-5,10H,2,6,14H2,1H3/t10-/m0/s1. The first kappa shape index (κ1) is 12.9. The Bertz CT molecular complexity index is 384. The van der Waals surface area contributed by atoms with E-state index in [2.05, 4.69) is 0 Å². The molecule has 0 fully saturated rings. The largest absolute Gasteiger partial charge is 0.466 e. The fourth-order valence-electron chi connectivity index (χ4n) is 1.31. The molecule has 2 N–H and O–H groups in total. The van der Waals surface area contributed by atoms with Crippen molar-refractivity contribution in [1.82, 2.24) is 0 Å². The number of rotatable bonds is 4. The van der Waals surface area contributed by atoms with Crippen LogP contribution in [0.15, 0.2) is 18.2 Å². The van der Waals surface area contributed by atoms with Crippen molar-refractivity contribution in [3.63, 3.8) is 0 Å². The maximum Gasteiger partial charge on any atom is 0.307 e. The topological polar surface area (TPSA) is 52.3 Å². The quantitative estimate of drug-likeness (QED) is 0.829. The zero-order chi connectivity index (χ0) is 12.1. The third-order valence-corrected chi connectivity index (χ3v) is 2.39. The van der Waals surface area contributed by atoms with E-state index in [-0.39, 0.29) is 6.42 Å². The van der Waals surface area contributed by atoms with Crippen LogP contribution in [0.3, 0.4) is 0 Å². The van der Waals surface area contributed by atoms with E-state index in [1.54, 1.807) is 6.92 Å². The van der Waals surface area contributed by atoms with E-state index in [0.717, 1.165) is 0 Å². The van der Waals surface area contributed by atoms with Gasteiger partial charge in [0.25, 0.3) is 0 Å². The molecule has 0 saturated carbocycles. The minimum absolute atomic E-state index is 0.0169. The molecule has 0 aliphatic carbocycles. The Morgan fingerprint density at radius 1 is 1.62 bits per heavy atom. The van der Waals surface area contributed by atoms with Crippen molar-refractivity contribution in [2.75, 3.05) is 6.61 Å². The number of benzene rings is 1. The van der Waals surface area contributed by atoms with Crippen LogP contribution in [-0.2, 0) is 9.53 Å². The Hall–Kier alpha value is -1.13. The molecule has 0 aromatic heterocycles. The van der Waals surface area contributed by atoms with Crippen molar-refractivity contribution in [3.05, 3.63) is 34.6 Å². The van der Waals surface area contributed by atoms with Gasteiger partial charge in [-0.3, -0.25) is 4.79 Å². The van der Waals surface area contributed by atoms with Crippen LogP contribution in [0, 0.1) is 5.82 Å². The molecule has 1 atom stereocenters. The number of carbonyl (C=O) groups is 1. The molecular weight excluding hydrogens is 233 g/mol. The Balaban J connectivity index is 2.76. The fourth-order valence-corrected chi connectivity index (χ4v) is 1.57. The number of carbonyl (C=O) groups excluding carboxylic acids is 1. The van der Waals surface area contributed by atoms with Crippen molar-refractivity contribution in [1.29, 1.82) is 0 Å². The molecule has 0 bridgehead atoms. The Morgan fingerprint density at radius 3 is 2.94 bits per heavy atom. The summed E-state index contributed by atoms with van der Waals surface area (Å²) in [6.07, 6.45) is -0.0169. The third-order valence-electron chi connectivity index (χ3n) is 2.05. The van der Waals surface area contributed by atoms with Gasteiger partial charge in [-0.05, 0) is 30.7 Å². The van der Waals surface area contributed by atoms with Gasteiger partial charge in [0.15, 0.2) is 0 Å². The number of esters is 1. The average molecular weight is 246 g/mol. The van der Waals surface area contributed by atoms with Crippen LogP contribution in [-0.4, -0.2) is 12.6 Å². The fraction of sp³-hybridized carbons (Fsp3) is 0.364. The predicted octanol–water partition coefficient (Wildman–Crippen LogP) is 2.43. The summed E-state index contributed by atoms with van der Waals surface area (Å²) in [5, 5.41) is 0.346. The summed E-state index contributed by atoms with van der Waals surface area (Å²) in [6.45, 7) is 2.00. The van der Waals surface area contributed by atoms with Gasteiger partial charge in [-0.25, -0.2) is 4.39 Å². The summed E-state index contributed by atoms with van der Waals surface area (Å²) < 4.78 is 17.7. The predicted molar refractivity (Wildman–Crippen MR) is 59.6 cm³/mol. The maximum atomic E-state index is 13.0. The molecular formula is C11H13ClFNO2. The Morgan fingerprint density at radius 2 is 2.31 bits per heavy atom. The number of hydrogen-bond donors (Lipinski definition) is 1. The molecule has 0 spiro atoms. The zero-order valence-electron chi connectivity index (χ0n) is 8.87. The van der Waals surface area contributed by atoms with Gasteiger partial charge in [-0.1, -0.05) is 11.6 Å². The minimum atomic E-state index is -0.651. The molecule has 0 aliphatic rings. The van der Waals surface area contributed by atoms with E-state index in [1.807, 2.05) is 0 Å². The van der Waals surface area contributed by atoms with Gasteiger partial charge in [0, 0.05) is 11.1 Å². The van der Waals surface area contributed by atoms with Gasteiger partial charge in [-0.15, -0.1) is 0 Å². The van der Waals surface area contributed by atoms with Gasteiger partial charge >= 0.3 is 5.97 Å². The average Bonchev–Trinajstić information content (AvgIpc) is 2.21. The first-order chi connectivity index (χ1) is 7.54. The van der Waals surface area contributed by atoms with Gasteiger partial charge in [0.05, 0.1) is 13.0 Å². The zero-order valence-corrected chi connectivity index (χ0v) is 9.63. The molecule has 1 rings (SSSR count). The van der Waals surface area contributed by atoms with Gasteiger partial charge < -0.3 is 10.5 Å². The second-order valence-corrected chi connectivity index (χ2v) is 3.69. The third kappa shape index (κ3) is 3.47. The summed E-state index contributed by atoms with van der Waals surface area (Å²) in [7, 11) is 0. The number of halogens is 2. The summed E-state index contributed by atoms with van der Waals surface area (Å²) in [5.74, 6) is -0.853. The van der Waals surface area contributed by atoms with Crippen LogP contribution in [0.25, 0.3) is 0 Å². The molecule has 0 amide bonds. The lowest BCUT2D eigenvalue weighted by molar-refractivity contribution is -0.143. The highest BCUT2D eigenvalue weighted by atomic mass is 35.5. The molecule has 1 aromatic carbocycles. The summed E-state index contributed by atoms with van der Waals surface area (Å²) in [5.41, 5.74) is 6.16. The van der Waals surface area contributed by atoms with Crippen LogP contribution in [0.1, 0.15) is 24.9 Å². The highest BCUT2D eigenvalue weighted by Gasteiger charge is 2.15. The number of ether oxygens (including phenoxy) is 1.